The van der Waals surface area contributed by atoms with Crippen molar-refractivity contribution in [1.29, 1.82) is 0 Å². The number of carbonyl (C=O) groups is 2. The van der Waals surface area contributed by atoms with E-state index in [1.165, 1.54) is 29.2 Å². The SMILES string of the molecule is O=C(Cn1cc(Cl)c2ncc(-c3cncc(C(F)(F)F)c3)cc21)N(OC(=O)C(F)(F)F)C1CC1. The molecule has 0 saturated heterocycles. The summed E-state index contributed by atoms with van der Waals surface area (Å²) >= 11 is 6.14. The summed E-state index contributed by atoms with van der Waals surface area (Å²) in [5, 5.41) is 0.491. The number of rotatable bonds is 4. The number of carbonyl (C=O) groups excluding carboxylic acids is 2. The van der Waals surface area contributed by atoms with Gasteiger partial charge in [0.05, 0.1) is 22.1 Å². The van der Waals surface area contributed by atoms with E-state index in [2.05, 4.69) is 14.8 Å². The fourth-order valence-corrected chi connectivity index (χ4v) is 3.42. The minimum absolute atomic E-state index is 0.0955. The van der Waals surface area contributed by atoms with E-state index in [9.17, 15) is 35.9 Å². The summed E-state index contributed by atoms with van der Waals surface area (Å²) < 4.78 is 78.1. The third-order valence-electron chi connectivity index (χ3n) is 4.91. The second-order valence-electron chi connectivity index (χ2n) is 7.48. The summed E-state index contributed by atoms with van der Waals surface area (Å²) in [6.07, 6.45) is -4.74. The van der Waals surface area contributed by atoms with Crippen LogP contribution in [0.1, 0.15) is 18.4 Å². The van der Waals surface area contributed by atoms with Gasteiger partial charge in [-0.05, 0) is 25.0 Å². The second kappa shape index (κ2) is 8.46. The van der Waals surface area contributed by atoms with E-state index in [1.54, 1.807) is 0 Å². The predicted molar refractivity (Wildman–Crippen MR) is 105 cm³/mol. The first-order valence-corrected chi connectivity index (χ1v) is 10.0. The van der Waals surface area contributed by atoms with Crippen molar-refractivity contribution in [2.45, 2.75) is 37.8 Å². The highest BCUT2D eigenvalue weighted by Crippen LogP contribution is 2.34. The number of halogens is 7. The Hall–Kier alpha value is -3.35. The minimum Gasteiger partial charge on any atom is -0.335 e. The number of hydroxylamine groups is 2. The lowest BCUT2D eigenvalue weighted by Crippen LogP contribution is -2.41. The Morgan fingerprint density at radius 1 is 1.09 bits per heavy atom. The number of hydrogen-bond donors (Lipinski definition) is 0. The second-order valence-corrected chi connectivity index (χ2v) is 7.89. The molecule has 7 nitrogen and oxygen atoms in total. The summed E-state index contributed by atoms with van der Waals surface area (Å²) in [4.78, 5) is 35.9. The molecule has 0 unspecified atom stereocenters. The van der Waals surface area contributed by atoms with Crippen LogP contribution in [-0.4, -0.2) is 43.7 Å². The molecule has 3 heterocycles. The van der Waals surface area contributed by atoms with Crippen molar-refractivity contribution in [3.05, 3.63) is 47.5 Å². The van der Waals surface area contributed by atoms with Gasteiger partial charge in [0.2, 0.25) is 0 Å². The minimum atomic E-state index is -5.28. The van der Waals surface area contributed by atoms with Crippen molar-refractivity contribution in [2.75, 3.05) is 0 Å². The molecular weight excluding hydrogens is 494 g/mol. The molecular formula is C20H13ClF6N4O3. The standard InChI is InChI=1S/C20H13ClF6N4O3/c21-14-8-30(9-16(32)31(13-1-2-13)34-18(33)20(25,26)27)15-4-11(6-29-17(14)15)10-3-12(7-28-5-10)19(22,23)24/h3-8,13H,1-2,9H2. The zero-order valence-electron chi connectivity index (χ0n) is 16.8. The monoisotopic (exact) mass is 506 g/mol. The molecule has 1 saturated carbocycles. The molecule has 0 bridgehead atoms. The molecule has 0 radical (unpaired) electrons. The van der Waals surface area contributed by atoms with Gasteiger partial charge in [-0.3, -0.25) is 14.8 Å². The highest BCUT2D eigenvalue weighted by Gasteiger charge is 2.46. The Balaban J connectivity index is 1.64. The maximum absolute atomic E-state index is 13.0. The van der Waals surface area contributed by atoms with E-state index < -0.39 is 42.4 Å². The van der Waals surface area contributed by atoms with Crippen molar-refractivity contribution in [2.24, 2.45) is 0 Å². The highest BCUT2D eigenvalue weighted by atomic mass is 35.5. The lowest BCUT2D eigenvalue weighted by atomic mass is 10.1. The smallest absolute Gasteiger partial charge is 0.335 e. The van der Waals surface area contributed by atoms with Crippen LogP contribution in [0.5, 0.6) is 0 Å². The first-order chi connectivity index (χ1) is 15.8. The third-order valence-corrected chi connectivity index (χ3v) is 5.19. The number of hydrogen-bond acceptors (Lipinski definition) is 5. The molecule has 1 amide bonds. The van der Waals surface area contributed by atoms with Crippen LogP contribution in [-0.2, 0) is 27.1 Å². The molecule has 4 rings (SSSR count). The van der Waals surface area contributed by atoms with Gasteiger partial charge in [0, 0.05) is 35.9 Å². The van der Waals surface area contributed by atoms with Gasteiger partial charge >= 0.3 is 18.3 Å². The van der Waals surface area contributed by atoms with Gasteiger partial charge in [-0.1, -0.05) is 11.6 Å². The van der Waals surface area contributed by atoms with Crippen molar-refractivity contribution in [3.8, 4) is 11.1 Å². The summed E-state index contributed by atoms with van der Waals surface area (Å²) in [7, 11) is 0. The molecule has 0 aromatic carbocycles. The van der Waals surface area contributed by atoms with E-state index >= 15 is 0 Å². The van der Waals surface area contributed by atoms with Crippen molar-refractivity contribution in [3.63, 3.8) is 0 Å². The van der Waals surface area contributed by atoms with E-state index in [4.69, 9.17) is 11.6 Å². The van der Waals surface area contributed by atoms with E-state index in [1.807, 2.05) is 0 Å². The molecule has 34 heavy (non-hydrogen) atoms. The predicted octanol–water partition coefficient (Wildman–Crippen LogP) is 4.78. The molecule has 180 valence electrons. The molecule has 1 aliphatic rings. The summed E-state index contributed by atoms with van der Waals surface area (Å²) in [5.74, 6) is -3.47. The average molecular weight is 507 g/mol. The molecule has 1 aliphatic carbocycles. The Kier molecular flexibility index (Phi) is 5.92. The molecule has 0 spiro atoms. The molecule has 1 fully saturated rings. The quantitative estimate of drug-likeness (QED) is 0.376. The van der Waals surface area contributed by atoms with Crippen LogP contribution >= 0.6 is 11.6 Å². The largest absolute Gasteiger partial charge is 0.493 e. The van der Waals surface area contributed by atoms with Crippen LogP contribution in [0.2, 0.25) is 5.02 Å². The van der Waals surface area contributed by atoms with Crippen molar-refractivity contribution in [1.82, 2.24) is 19.6 Å². The first kappa shape index (κ1) is 23.8. The highest BCUT2D eigenvalue weighted by molar-refractivity contribution is 6.35. The Morgan fingerprint density at radius 2 is 1.76 bits per heavy atom. The van der Waals surface area contributed by atoms with Crippen LogP contribution in [0.15, 0.2) is 36.9 Å². The number of fused-ring (bicyclic) bond motifs is 1. The van der Waals surface area contributed by atoms with E-state index in [-0.39, 0.29) is 27.2 Å². The zero-order valence-corrected chi connectivity index (χ0v) is 17.6. The Morgan fingerprint density at radius 3 is 2.38 bits per heavy atom. The van der Waals surface area contributed by atoms with Crippen LogP contribution in [0, 0.1) is 0 Å². The normalized spacial score (nSPS) is 14.3. The van der Waals surface area contributed by atoms with E-state index in [0.717, 1.165) is 6.07 Å². The average Bonchev–Trinajstić information content (AvgIpc) is 3.55. The van der Waals surface area contributed by atoms with Crippen molar-refractivity contribution >= 4 is 34.5 Å². The fraction of sp³-hybridized carbons (Fsp3) is 0.300. The zero-order chi connectivity index (χ0) is 24.8. The van der Waals surface area contributed by atoms with E-state index in [0.29, 0.717) is 24.1 Å². The van der Waals surface area contributed by atoms with Gasteiger partial charge in [0.1, 0.15) is 12.1 Å². The Labute approximate surface area is 191 Å². The lowest BCUT2D eigenvalue weighted by Gasteiger charge is -2.21. The fourth-order valence-electron chi connectivity index (χ4n) is 3.16. The number of aromatic nitrogens is 3. The van der Waals surface area contributed by atoms with Gasteiger partial charge < -0.3 is 9.40 Å². The van der Waals surface area contributed by atoms with Crippen LogP contribution in [0.4, 0.5) is 26.3 Å². The maximum atomic E-state index is 13.0. The lowest BCUT2D eigenvalue weighted by molar-refractivity contribution is -0.239. The third kappa shape index (κ3) is 4.93. The first-order valence-electron chi connectivity index (χ1n) is 9.63. The van der Waals surface area contributed by atoms with Crippen LogP contribution in [0.3, 0.4) is 0 Å². The molecule has 0 atom stereocenters. The van der Waals surface area contributed by atoms with Crippen molar-refractivity contribution < 1.29 is 40.8 Å². The summed E-state index contributed by atoms with van der Waals surface area (Å²) in [6, 6.07) is 1.62. The van der Waals surface area contributed by atoms with Gasteiger partial charge in [-0.2, -0.15) is 31.4 Å². The summed E-state index contributed by atoms with van der Waals surface area (Å²) in [5.41, 5.74) is -0.204. The van der Waals surface area contributed by atoms with Crippen LogP contribution in [0.25, 0.3) is 22.2 Å². The Bertz CT molecular complexity index is 1270. The number of amides is 1. The maximum Gasteiger partial charge on any atom is 0.493 e. The number of pyridine rings is 2. The molecule has 14 heteroatoms. The summed E-state index contributed by atoms with van der Waals surface area (Å²) in [6.45, 7) is -0.559. The number of alkyl halides is 6. The van der Waals surface area contributed by atoms with Crippen LogP contribution < -0.4 is 0 Å². The molecule has 0 aliphatic heterocycles. The molecule has 3 aromatic rings. The topological polar surface area (TPSA) is 77.3 Å². The van der Waals surface area contributed by atoms with Gasteiger partial charge in [-0.25, -0.2) is 4.79 Å². The molecule has 3 aromatic heterocycles. The molecule has 0 N–H and O–H groups in total. The number of nitrogens with zero attached hydrogens (tertiary/aromatic N) is 4. The van der Waals surface area contributed by atoms with Gasteiger partial charge in [0.15, 0.2) is 0 Å². The van der Waals surface area contributed by atoms with Gasteiger partial charge in [-0.15, -0.1) is 0 Å². The van der Waals surface area contributed by atoms with Gasteiger partial charge in [0.25, 0.3) is 5.91 Å².